The van der Waals surface area contributed by atoms with Crippen molar-refractivity contribution in [2.75, 3.05) is 24.7 Å². The number of halogens is 2. The molecule has 0 unspecified atom stereocenters. The lowest BCUT2D eigenvalue weighted by Crippen LogP contribution is -2.43. The molecule has 1 aliphatic heterocycles. The second-order valence-corrected chi connectivity index (χ2v) is 16.7. The third-order valence-electron chi connectivity index (χ3n) is 11.4. The summed E-state index contributed by atoms with van der Waals surface area (Å²) in [6.07, 6.45) is 1.20. The van der Waals surface area contributed by atoms with E-state index in [0.29, 0.717) is 66.0 Å². The number of ether oxygens (including phenoxy) is 3. The van der Waals surface area contributed by atoms with E-state index in [9.17, 15) is 4.79 Å². The Balaban J connectivity index is 1.22. The summed E-state index contributed by atoms with van der Waals surface area (Å²) in [5.41, 5.74) is 11.2. The minimum Gasteiger partial charge on any atom is -0.494 e. The Kier molecular flexibility index (Phi) is 12.0. The van der Waals surface area contributed by atoms with Gasteiger partial charge in [0.25, 0.3) is 5.91 Å². The van der Waals surface area contributed by atoms with Gasteiger partial charge in [-0.05, 0) is 126 Å². The highest BCUT2D eigenvalue weighted by Crippen LogP contribution is 2.45. The van der Waals surface area contributed by atoms with Crippen LogP contribution in [0.4, 0.5) is 5.69 Å². The molecule has 0 bridgehead atoms. The van der Waals surface area contributed by atoms with Crippen molar-refractivity contribution in [1.29, 1.82) is 0 Å². The topological polar surface area (TPSA) is 112 Å². The van der Waals surface area contributed by atoms with Gasteiger partial charge in [0.1, 0.15) is 23.7 Å². The van der Waals surface area contributed by atoms with Gasteiger partial charge in [-0.15, -0.1) is 0 Å². The van der Waals surface area contributed by atoms with Crippen LogP contribution in [-0.4, -0.2) is 51.2 Å². The lowest BCUT2D eigenvalue weighted by Gasteiger charge is -2.35. The number of aromatic nitrogens is 4. The number of H-pyrrole nitrogens is 1. The molecule has 314 valence electrons. The molecule has 0 saturated carbocycles. The van der Waals surface area contributed by atoms with Gasteiger partial charge < -0.3 is 28.7 Å². The Morgan fingerprint density at radius 2 is 1.62 bits per heavy atom. The molecule has 3 aromatic heterocycles. The van der Waals surface area contributed by atoms with Crippen LogP contribution in [-0.2, 0) is 29.1 Å². The summed E-state index contributed by atoms with van der Waals surface area (Å²) in [5.74, 6) is 0.748. The summed E-state index contributed by atoms with van der Waals surface area (Å²) in [5, 5.41) is 3.03. The zero-order valence-electron chi connectivity index (χ0n) is 35.5. The van der Waals surface area contributed by atoms with E-state index < -0.39 is 5.97 Å². The zero-order chi connectivity index (χ0) is 43.1. The van der Waals surface area contributed by atoms with Crippen molar-refractivity contribution in [1.82, 2.24) is 19.5 Å². The van der Waals surface area contributed by atoms with Gasteiger partial charge in [0.2, 0.25) is 0 Å². The number of aryl methyl sites for hydroxylation is 6. The monoisotopic (exact) mass is 857 g/mol. The van der Waals surface area contributed by atoms with Crippen LogP contribution in [0.3, 0.4) is 0 Å². The Hall–Kier alpha value is -5.68. The molecule has 4 aromatic carbocycles. The maximum atomic E-state index is 15.3. The minimum absolute atomic E-state index is 0.147. The maximum Gasteiger partial charge on any atom is 0.354 e. The van der Waals surface area contributed by atoms with Gasteiger partial charge in [-0.3, -0.25) is 4.79 Å². The van der Waals surface area contributed by atoms with Crippen molar-refractivity contribution in [3.05, 3.63) is 139 Å². The molecule has 1 atom stereocenters. The van der Waals surface area contributed by atoms with Gasteiger partial charge >= 0.3 is 5.97 Å². The summed E-state index contributed by atoms with van der Waals surface area (Å²) < 4.78 is 19.8. The minimum atomic E-state index is -0.444. The second-order valence-electron chi connectivity index (χ2n) is 15.9. The maximum absolute atomic E-state index is 15.3. The number of rotatable bonds is 13. The third-order valence-corrected chi connectivity index (χ3v) is 12.3. The van der Waals surface area contributed by atoms with E-state index in [-0.39, 0.29) is 25.2 Å². The molecule has 10 nitrogen and oxygen atoms in total. The largest absolute Gasteiger partial charge is 0.494 e. The van der Waals surface area contributed by atoms with Crippen molar-refractivity contribution in [3.8, 4) is 16.9 Å². The summed E-state index contributed by atoms with van der Waals surface area (Å²) in [4.78, 5) is 43.1. The van der Waals surface area contributed by atoms with Crippen molar-refractivity contribution in [2.24, 2.45) is 0 Å². The van der Waals surface area contributed by atoms with Gasteiger partial charge in [0, 0.05) is 50.9 Å². The zero-order valence-corrected chi connectivity index (χ0v) is 37.1. The highest BCUT2D eigenvalue weighted by Gasteiger charge is 2.37. The molecular weight excluding hydrogens is 809 g/mol. The average molecular weight is 859 g/mol. The molecule has 1 amide bonds. The summed E-state index contributed by atoms with van der Waals surface area (Å²) >= 11 is 13.7. The molecule has 8 rings (SSSR count). The first-order chi connectivity index (χ1) is 29.3. The fraction of sp³-hybridized carbons (Fsp3) is 0.306. The molecular formula is C49H49Cl2N5O5. The average Bonchev–Trinajstić information content (AvgIpc) is 3.81. The standard InChI is InChI=1S/C49H49Cl2N5O5/c1-8-60-49(58)39-23-34-19-27(2)20-40(45(34)54-39)55-24-30(5)56-46-37(36(47(56)48(55)57)15-12-18-61-35-21-28(3)44(51)29(4)22-35)16-17-38(50)43(46)42-31(6)52-41(53-32(42)7)26-59-25-33-13-10-9-11-14-33/h9-11,13-14,16-17,19-23,30,54H,8,12,15,18,24-26H2,1-7H3/t30-/m1/s1. The van der Waals surface area contributed by atoms with Crippen LogP contribution in [0, 0.1) is 34.6 Å². The van der Waals surface area contributed by atoms with Gasteiger partial charge in [-0.25, -0.2) is 14.8 Å². The van der Waals surface area contributed by atoms with E-state index in [2.05, 4.69) is 16.5 Å². The Morgan fingerprint density at radius 3 is 2.33 bits per heavy atom. The number of nitrogens with zero attached hydrogens (tertiary/aromatic N) is 4. The molecule has 0 spiro atoms. The highest BCUT2D eigenvalue weighted by atomic mass is 35.5. The van der Waals surface area contributed by atoms with Crippen molar-refractivity contribution in [3.63, 3.8) is 0 Å². The molecule has 0 fully saturated rings. The molecule has 4 heterocycles. The molecule has 12 heteroatoms. The normalized spacial score (nSPS) is 14.0. The first-order valence-corrected chi connectivity index (χ1v) is 21.4. The molecule has 0 radical (unpaired) electrons. The number of anilines is 1. The van der Waals surface area contributed by atoms with Crippen LogP contribution in [0.1, 0.15) is 92.3 Å². The van der Waals surface area contributed by atoms with Crippen LogP contribution < -0.4 is 9.64 Å². The van der Waals surface area contributed by atoms with Gasteiger partial charge in [-0.1, -0.05) is 59.6 Å². The van der Waals surface area contributed by atoms with Crippen LogP contribution >= 0.6 is 23.2 Å². The Bertz CT molecular complexity index is 2780. The van der Waals surface area contributed by atoms with Crippen molar-refractivity contribution < 1.29 is 23.8 Å². The van der Waals surface area contributed by atoms with E-state index in [1.165, 1.54) is 0 Å². The van der Waals surface area contributed by atoms with Crippen LogP contribution in [0.15, 0.2) is 72.8 Å². The quantitative estimate of drug-likeness (QED) is 0.0908. The smallest absolute Gasteiger partial charge is 0.354 e. The van der Waals surface area contributed by atoms with E-state index in [1.54, 1.807) is 13.0 Å². The summed E-state index contributed by atoms with van der Waals surface area (Å²) in [7, 11) is 0. The number of fused-ring (bicyclic) bond motifs is 4. The first kappa shape index (κ1) is 42.0. The molecule has 61 heavy (non-hydrogen) atoms. The second kappa shape index (κ2) is 17.4. The first-order valence-electron chi connectivity index (χ1n) is 20.7. The SMILES string of the molecule is CCOC(=O)c1cc2cc(C)cc(N3C[C@@H](C)n4c(c(CCCOc5cc(C)c(Cl)c(C)c5)c5ccc(Cl)c(-c6c(C)nc(COCc7ccccc7)nc6C)c54)C3=O)c2[nH]1. The predicted octanol–water partition coefficient (Wildman–Crippen LogP) is 11.6. The highest BCUT2D eigenvalue weighted by molar-refractivity contribution is 6.35. The summed E-state index contributed by atoms with van der Waals surface area (Å²) in [6.45, 7) is 15.5. The molecule has 0 aliphatic carbocycles. The van der Waals surface area contributed by atoms with Crippen LogP contribution in [0.2, 0.25) is 10.0 Å². The molecule has 1 N–H and O–H groups in total. The Morgan fingerprint density at radius 1 is 0.902 bits per heavy atom. The number of nitrogens with one attached hydrogen (secondary N) is 1. The van der Waals surface area contributed by atoms with E-state index >= 15 is 4.79 Å². The Labute approximate surface area is 365 Å². The predicted molar refractivity (Wildman–Crippen MR) is 243 cm³/mol. The van der Waals surface area contributed by atoms with Crippen LogP contribution in [0.5, 0.6) is 5.75 Å². The number of carbonyl (C=O) groups is 2. The van der Waals surface area contributed by atoms with Crippen molar-refractivity contribution in [2.45, 2.75) is 80.6 Å². The molecule has 1 aliphatic rings. The van der Waals surface area contributed by atoms with Crippen molar-refractivity contribution >= 4 is 62.6 Å². The fourth-order valence-corrected chi connectivity index (χ4v) is 9.11. The fourth-order valence-electron chi connectivity index (χ4n) is 8.75. The molecule has 7 aromatic rings. The van der Waals surface area contributed by atoms with Crippen LogP contribution in [0.25, 0.3) is 32.9 Å². The number of hydrogen-bond acceptors (Lipinski definition) is 7. The summed E-state index contributed by atoms with van der Waals surface area (Å²) in [6, 6.07) is 23.5. The third kappa shape index (κ3) is 8.12. The lowest BCUT2D eigenvalue weighted by atomic mass is 9.97. The van der Waals surface area contributed by atoms with E-state index in [4.69, 9.17) is 47.4 Å². The van der Waals surface area contributed by atoms with Gasteiger partial charge in [-0.2, -0.15) is 0 Å². The molecule has 0 saturated heterocycles. The van der Waals surface area contributed by atoms with Gasteiger partial charge in [0.15, 0.2) is 5.82 Å². The van der Waals surface area contributed by atoms with E-state index in [0.717, 1.165) is 77.4 Å². The van der Waals surface area contributed by atoms with E-state index in [1.807, 2.05) is 106 Å². The number of esters is 1. The lowest BCUT2D eigenvalue weighted by molar-refractivity contribution is 0.0520. The van der Waals surface area contributed by atoms with Gasteiger partial charge in [0.05, 0.1) is 41.6 Å². The number of carbonyl (C=O) groups excluding carboxylic acids is 2. The number of hydrogen-bond donors (Lipinski definition) is 1. The number of aromatic amines is 1. The number of benzene rings is 4. The number of amides is 1.